The molecule has 0 aromatic heterocycles. The summed E-state index contributed by atoms with van der Waals surface area (Å²) in [4.78, 5) is 0. The van der Waals surface area contributed by atoms with E-state index in [4.69, 9.17) is 16.5 Å². The summed E-state index contributed by atoms with van der Waals surface area (Å²) in [5.41, 5.74) is 0. The fraction of sp³-hybridized carbons (Fsp3) is 1.00. The molecule has 9 heavy (non-hydrogen) atoms. The Kier molecular flexibility index (Phi) is 5.15. The minimum atomic E-state index is 0.307. The highest BCUT2D eigenvalue weighted by Gasteiger charge is 1.94. The van der Waals surface area contributed by atoms with Gasteiger partial charge in [-0.2, -0.15) is 0 Å². The molecule has 0 aromatic rings. The average molecular weight is 152 g/mol. The summed E-state index contributed by atoms with van der Waals surface area (Å²) in [6, 6.07) is 0. The molecule has 0 atom stereocenters. The van der Waals surface area contributed by atoms with Crippen LogP contribution in [0.5, 0.6) is 0 Å². The lowest BCUT2D eigenvalue weighted by Gasteiger charge is -2.09. The van der Waals surface area contributed by atoms with Crippen LogP contribution in [0.2, 0.25) is 0 Å². The largest absolute Gasteiger partial charge is 0.377 e. The highest BCUT2D eigenvalue weighted by molar-refractivity contribution is 6.13. The maximum absolute atomic E-state index is 5.51. The zero-order valence-corrected chi connectivity index (χ0v) is 6.98. The fourth-order valence-electron chi connectivity index (χ4n) is 0.414. The highest BCUT2D eigenvalue weighted by atomic mass is 35.5. The first-order valence-electron chi connectivity index (χ1n) is 3.11. The first kappa shape index (κ1) is 9.21. The molecule has 0 saturated carbocycles. The van der Waals surface area contributed by atoms with Crippen molar-refractivity contribution >= 4 is 11.8 Å². The summed E-state index contributed by atoms with van der Waals surface area (Å²) in [6.07, 6.45) is 0.307. The van der Waals surface area contributed by atoms with Crippen molar-refractivity contribution in [2.75, 3.05) is 20.2 Å². The Morgan fingerprint density at radius 3 is 2.44 bits per heavy atom. The average Bonchev–Trinajstić information content (AvgIpc) is 1.63. The first-order chi connectivity index (χ1) is 4.13. The Hall–Kier alpha value is 0.210. The maximum Gasteiger partial charge on any atom is 0.0610 e. The van der Waals surface area contributed by atoms with Crippen molar-refractivity contribution in [1.29, 1.82) is 0 Å². The summed E-state index contributed by atoms with van der Waals surface area (Å²) in [5, 5.41) is 0. The summed E-state index contributed by atoms with van der Waals surface area (Å²) in [5.74, 6) is 0. The molecule has 0 fully saturated rings. The quantitative estimate of drug-likeness (QED) is 0.565. The van der Waals surface area contributed by atoms with Gasteiger partial charge in [0.15, 0.2) is 0 Å². The van der Waals surface area contributed by atoms with E-state index >= 15 is 0 Å². The number of ether oxygens (including phenoxy) is 1. The monoisotopic (exact) mass is 151 g/mol. The van der Waals surface area contributed by atoms with Crippen molar-refractivity contribution < 1.29 is 4.74 Å². The molecule has 0 rings (SSSR count). The third-order valence-corrected chi connectivity index (χ3v) is 1.02. The van der Waals surface area contributed by atoms with E-state index in [2.05, 4.69) is 0 Å². The Morgan fingerprint density at radius 2 is 2.11 bits per heavy atom. The first-order valence-corrected chi connectivity index (χ1v) is 3.45. The SMILES string of the molecule is CC(C)OCCN(C)Cl. The van der Waals surface area contributed by atoms with E-state index in [0.29, 0.717) is 12.7 Å². The van der Waals surface area contributed by atoms with Crippen LogP contribution in [0.15, 0.2) is 0 Å². The van der Waals surface area contributed by atoms with Gasteiger partial charge in [-0.15, -0.1) is 0 Å². The molecule has 0 radical (unpaired) electrons. The van der Waals surface area contributed by atoms with E-state index in [-0.39, 0.29) is 0 Å². The number of rotatable bonds is 4. The zero-order valence-electron chi connectivity index (χ0n) is 6.22. The lowest BCUT2D eigenvalue weighted by atomic mass is 10.5. The molecule has 56 valence electrons. The van der Waals surface area contributed by atoms with Crippen LogP contribution in [0.3, 0.4) is 0 Å². The van der Waals surface area contributed by atoms with Gasteiger partial charge in [0.25, 0.3) is 0 Å². The van der Waals surface area contributed by atoms with Crippen LogP contribution >= 0.6 is 11.8 Å². The lowest BCUT2D eigenvalue weighted by Crippen LogP contribution is -2.15. The predicted molar refractivity (Wildman–Crippen MR) is 39.6 cm³/mol. The van der Waals surface area contributed by atoms with Gasteiger partial charge in [-0.05, 0) is 25.6 Å². The Labute approximate surface area is 61.9 Å². The number of hydrogen-bond acceptors (Lipinski definition) is 2. The Morgan fingerprint density at radius 1 is 1.56 bits per heavy atom. The number of halogens is 1. The molecule has 0 aliphatic carbocycles. The second kappa shape index (κ2) is 5.03. The van der Waals surface area contributed by atoms with Crippen molar-refractivity contribution in [3.63, 3.8) is 0 Å². The van der Waals surface area contributed by atoms with E-state index in [9.17, 15) is 0 Å². The lowest BCUT2D eigenvalue weighted by molar-refractivity contribution is 0.0740. The van der Waals surface area contributed by atoms with E-state index in [1.807, 2.05) is 20.9 Å². The van der Waals surface area contributed by atoms with Gasteiger partial charge in [0, 0.05) is 13.6 Å². The van der Waals surface area contributed by atoms with Gasteiger partial charge < -0.3 is 4.74 Å². The smallest absolute Gasteiger partial charge is 0.0610 e. The van der Waals surface area contributed by atoms with Crippen LogP contribution in [0.1, 0.15) is 13.8 Å². The summed E-state index contributed by atoms with van der Waals surface area (Å²) in [6.45, 7) is 5.50. The molecule has 0 aliphatic rings. The van der Waals surface area contributed by atoms with Crippen LogP contribution in [0.4, 0.5) is 0 Å². The minimum Gasteiger partial charge on any atom is -0.377 e. The summed E-state index contributed by atoms with van der Waals surface area (Å²) in [7, 11) is 1.81. The van der Waals surface area contributed by atoms with Gasteiger partial charge in [0.1, 0.15) is 0 Å². The predicted octanol–water partition coefficient (Wildman–Crippen LogP) is 1.50. The van der Waals surface area contributed by atoms with E-state index in [1.54, 1.807) is 4.42 Å². The molecule has 3 heteroatoms. The second-order valence-electron chi connectivity index (χ2n) is 2.25. The molecular weight excluding hydrogens is 138 g/mol. The Balaban J connectivity index is 2.91. The normalized spacial score (nSPS) is 11.3. The molecule has 2 nitrogen and oxygen atoms in total. The molecule has 0 N–H and O–H groups in total. The molecule has 0 heterocycles. The van der Waals surface area contributed by atoms with Gasteiger partial charge in [0.05, 0.1) is 12.7 Å². The molecule has 0 aliphatic heterocycles. The molecule has 0 saturated heterocycles. The van der Waals surface area contributed by atoms with Crippen LogP contribution in [-0.2, 0) is 4.74 Å². The van der Waals surface area contributed by atoms with Crippen molar-refractivity contribution in [2.45, 2.75) is 20.0 Å². The van der Waals surface area contributed by atoms with E-state index < -0.39 is 0 Å². The van der Waals surface area contributed by atoms with Crippen LogP contribution in [0.25, 0.3) is 0 Å². The fourth-order valence-corrected chi connectivity index (χ4v) is 0.483. The number of likely N-dealkylation sites (N-methyl/N-ethyl adjacent to an activating group) is 1. The number of nitrogens with zero attached hydrogens (tertiary/aromatic N) is 1. The van der Waals surface area contributed by atoms with E-state index in [0.717, 1.165) is 6.54 Å². The maximum atomic E-state index is 5.51. The van der Waals surface area contributed by atoms with Gasteiger partial charge in [-0.25, -0.2) is 4.42 Å². The minimum absolute atomic E-state index is 0.307. The molecule has 0 unspecified atom stereocenters. The third kappa shape index (κ3) is 8.21. The molecule has 0 spiro atoms. The van der Waals surface area contributed by atoms with Gasteiger partial charge in [-0.3, -0.25) is 0 Å². The molecule has 0 bridgehead atoms. The van der Waals surface area contributed by atoms with Crippen molar-refractivity contribution in [1.82, 2.24) is 4.42 Å². The van der Waals surface area contributed by atoms with E-state index in [1.165, 1.54) is 0 Å². The van der Waals surface area contributed by atoms with Crippen LogP contribution < -0.4 is 0 Å². The Bertz CT molecular complexity index is 58.1. The summed E-state index contributed by atoms with van der Waals surface area (Å²) < 4.78 is 6.81. The van der Waals surface area contributed by atoms with Gasteiger partial charge >= 0.3 is 0 Å². The molecular formula is C6H14ClNO. The topological polar surface area (TPSA) is 12.5 Å². The number of hydrogen-bond donors (Lipinski definition) is 0. The summed E-state index contributed by atoms with van der Waals surface area (Å²) >= 11 is 5.51. The molecule has 0 amide bonds. The second-order valence-corrected chi connectivity index (χ2v) is 2.83. The highest BCUT2D eigenvalue weighted by Crippen LogP contribution is 1.90. The van der Waals surface area contributed by atoms with Gasteiger partial charge in [-0.1, -0.05) is 0 Å². The van der Waals surface area contributed by atoms with Crippen LogP contribution in [0, 0.1) is 0 Å². The standard InChI is InChI=1S/C6H14ClNO/c1-6(2)9-5-4-8(3)7/h6H,4-5H2,1-3H3. The van der Waals surface area contributed by atoms with Crippen molar-refractivity contribution in [3.05, 3.63) is 0 Å². The van der Waals surface area contributed by atoms with Crippen molar-refractivity contribution in [2.24, 2.45) is 0 Å². The zero-order chi connectivity index (χ0) is 7.28. The van der Waals surface area contributed by atoms with Gasteiger partial charge in [0.2, 0.25) is 0 Å². The molecule has 0 aromatic carbocycles. The van der Waals surface area contributed by atoms with Crippen molar-refractivity contribution in [3.8, 4) is 0 Å². The third-order valence-electron chi connectivity index (χ3n) is 0.851. The van der Waals surface area contributed by atoms with Crippen LogP contribution in [-0.4, -0.2) is 30.7 Å².